The normalized spacial score (nSPS) is 24.3. The number of rotatable bonds is 5. The Labute approximate surface area is 157 Å². The standard InChI is InChI=1S/C20H31N3O.ClH/c1-15(17-8-7-16-5-3-4-6-18(16)11-17)22-19(24)12-23-10-9-20(2,13-21)14-23;/h7-8,11,15H,3-6,9-10,12-14,21H2,1-2H3,(H,22,24);1H. The molecule has 1 aromatic rings. The number of fused-ring (bicyclic) bond motifs is 1. The highest BCUT2D eigenvalue weighted by molar-refractivity contribution is 5.85. The van der Waals surface area contributed by atoms with E-state index in [0.717, 1.165) is 19.5 Å². The third-order valence-electron chi connectivity index (χ3n) is 5.75. The van der Waals surface area contributed by atoms with Crippen LogP contribution in [0.15, 0.2) is 18.2 Å². The summed E-state index contributed by atoms with van der Waals surface area (Å²) in [6.07, 6.45) is 6.04. The van der Waals surface area contributed by atoms with Gasteiger partial charge in [-0.3, -0.25) is 9.69 Å². The molecule has 2 aliphatic rings. The van der Waals surface area contributed by atoms with Gasteiger partial charge in [0.25, 0.3) is 0 Å². The number of nitrogens with two attached hydrogens (primary N) is 1. The van der Waals surface area contributed by atoms with Gasteiger partial charge in [-0.15, -0.1) is 12.4 Å². The van der Waals surface area contributed by atoms with Crippen molar-refractivity contribution in [2.75, 3.05) is 26.2 Å². The summed E-state index contributed by atoms with van der Waals surface area (Å²) < 4.78 is 0. The van der Waals surface area contributed by atoms with E-state index < -0.39 is 0 Å². The lowest BCUT2D eigenvalue weighted by Crippen LogP contribution is -2.39. The summed E-state index contributed by atoms with van der Waals surface area (Å²) in [5.74, 6) is 0.112. The summed E-state index contributed by atoms with van der Waals surface area (Å²) in [4.78, 5) is 14.6. The summed E-state index contributed by atoms with van der Waals surface area (Å²) >= 11 is 0. The Hall–Kier alpha value is -1.10. The molecule has 0 aromatic heterocycles. The number of carbonyl (C=O) groups excluding carboxylic acids is 1. The van der Waals surface area contributed by atoms with Crippen LogP contribution in [-0.4, -0.2) is 37.0 Å². The summed E-state index contributed by atoms with van der Waals surface area (Å²) in [5, 5.41) is 3.16. The molecule has 1 saturated heterocycles. The number of carbonyl (C=O) groups is 1. The summed E-state index contributed by atoms with van der Waals surface area (Å²) in [7, 11) is 0. The smallest absolute Gasteiger partial charge is 0.234 e. The van der Waals surface area contributed by atoms with Gasteiger partial charge in [-0.1, -0.05) is 25.1 Å². The monoisotopic (exact) mass is 365 g/mol. The number of hydrogen-bond donors (Lipinski definition) is 2. The molecule has 2 unspecified atom stereocenters. The number of hydrogen-bond acceptors (Lipinski definition) is 3. The lowest BCUT2D eigenvalue weighted by Gasteiger charge is -2.23. The van der Waals surface area contributed by atoms with E-state index in [1.807, 2.05) is 0 Å². The molecule has 1 aromatic carbocycles. The molecule has 2 atom stereocenters. The Kier molecular flexibility index (Phi) is 6.89. The van der Waals surface area contributed by atoms with Crippen LogP contribution in [-0.2, 0) is 17.6 Å². The Morgan fingerprint density at radius 1 is 1.32 bits per heavy atom. The number of likely N-dealkylation sites (tertiary alicyclic amines) is 1. The van der Waals surface area contributed by atoms with E-state index in [1.165, 1.54) is 42.4 Å². The molecule has 3 rings (SSSR count). The molecule has 140 valence electrons. The molecule has 5 heteroatoms. The van der Waals surface area contributed by atoms with E-state index in [0.29, 0.717) is 13.1 Å². The van der Waals surface area contributed by atoms with Crippen molar-refractivity contribution >= 4 is 18.3 Å². The van der Waals surface area contributed by atoms with E-state index in [4.69, 9.17) is 5.73 Å². The molecule has 1 fully saturated rings. The van der Waals surface area contributed by atoms with E-state index >= 15 is 0 Å². The predicted octanol–water partition coefficient (Wildman–Crippen LogP) is 2.84. The molecular formula is C20H32ClN3O. The SMILES string of the molecule is CC(NC(=O)CN1CCC(C)(CN)C1)c1ccc2c(c1)CCCC2.Cl. The first-order valence-electron chi connectivity index (χ1n) is 9.33. The lowest BCUT2D eigenvalue weighted by atomic mass is 9.89. The molecule has 4 nitrogen and oxygen atoms in total. The number of halogens is 1. The largest absolute Gasteiger partial charge is 0.348 e. The minimum Gasteiger partial charge on any atom is -0.348 e. The zero-order valence-electron chi connectivity index (χ0n) is 15.5. The third-order valence-corrected chi connectivity index (χ3v) is 5.75. The minimum absolute atomic E-state index is 0. The van der Waals surface area contributed by atoms with Gasteiger partial charge in [0.2, 0.25) is 5.91 Å². The Morgan fingerprint density at radius 3 is 2.72 bits per heavy atom. The van der Waals surface area contributed by atoms with E-state index in [-0.39, 0.29) is 29.8 Å². The van der Waals surface area contributed by atoms with E-state index in [1.54, 1.807) is 0 Å². The van der Waals surface area contributed by atoms with Crippen molar-refractivity contribution in [1.29, 1.82) is 0 Å². The summed E-state index contributed by atoms with van der Waals surface area (Å²) in [6.45, 7) is 7.34. The van der Waals surface area contributed by atoms with Crippen molar-refractivity contribution in [2.24, 2.45) is 11.1 Å². The van der Waals surface area contributed by atoms with Crippen molar-refractivity contribution in [3.63, 3.8) is 0 Å². The van der Waals surface area contributed by atoms with Gasteiger partial charge in [0.05, 0.1) is 12.6 Å². The molecule has 0 radical (unpaired) electrons. The van der Waals surface area contributed by atoms with Crippen LogP contribution >= 0.6 is 12.4 Å². The minimum atomic E-state index is 0. The molecule has 0 spiro atoms. The van der Waals surface area contributed by atoms with Crippen LogP contribution in [0.1, 0.15) is 55.8 Å². The maximum atomic E-state index is 12.4. The predicted molar refractivity (Wildman–Crippen MR) is 105 cm³/mol. The van der Waals surface area contributed by atoms with Gasteiger partial charge in [-0.2, -0.15) is 0 Å². The average molecular weight is 366 g/mol. The highest BCUT2D eigenvalue weighted by Crippen LogP contribution is 2.28. The van der Waals surface area contributed by atoms with Crippen LogP contribution in [0.3, 0.4) is 0 Å². The number of amides is 1. The van der Waals surface area contributed by atoms with Gasteiger partial charge < -0.3 is 11.1 Å². The van der Waals surface area contributed by atoms with Crippen LogP contribution < -0.4 is 11.1 Å². The number of nitrogens with one attached hydrogen (secondary N) is 1. The second-order valence-electron chi connectivity index (χ2n) is 8.00. The van der Waals surface area contributed by atoms with Gasteiger partial charge >= 0.3 is 0 Å². The molecule has 1 aliphatic heterocycles. The maximum absolute atomic E-state index is 12.4. The van der Waals surface area contributed by atoms with Crippen LogP contribution in [0.5, 0.6) is 0 Å². The molecule has 0 saturated carbocycles. The maximum Gasteiger partial charge on any atom is 0.234 e. The fraction of sp³-hybridized carbons (Fsp3) is 0.650. The highest BCUT2D eigenvalue weighted by Gasteiger charge is 2.33. The highest BCUT2D eigenvalue weighted by atomic mass is 35.5. The van der Waals surface area contributed by atoms with Crippen molar-refractivity contribution < 1.29 is 4.79 Å². The van der Waals surface area contributed by atoms with Gasteiger partial charge in [0.15, 0.2) is 0 Å². The fourth-order valence-electron chi connectivity index (χ4n) is 4.02. The fourth-order valence-corrected chi connectivity index (χ4v) is 4.02. The number of benzene rings is 1. The van der Waals surface area contributed by atoms with Crippen LogP contribution in [0.25, 0.3) is 0 Å². The lowest BCUT2D eigenvalue weighted by molar-refractivity contribution is -0.122. The van der Waals surface area contributed by atoms with Gasteiger partial charge in [0.1, 0.15) is 0 Å². The van der Waals surface area contributed by atoms with Crippen LogP contribution in [0.2, 0.25) is 0 Å². The van der Waals surface area contributed by atoms with Crippen molar-refractivity contribution in [3.05, 3.63) is 34.9 Å². The van der Waals surface area contributed by atoms with Gasteiger partial charge in [-0.25, -0.2) is 0 Å². The van der Waals surface area contributed by atoms with Gasteiger partial charge in [-0.05, 0) is 74.2 Å². The van der Waals surface area contributed by atoms with Crippen molar-refractivity contribution in [2.45, 2.75) is 52.0 Å². The first-order valence-corrected chi connectivity index (χ1v) is 9.33. The molecule has 1 heterocycles. The molecule has 1 amide bonds. The number of aryl methyl sites for hydroxylation is 2. The Bertz CT molecular complexity index is 607. The van der Waals surface area contributed by atoms with Crippen molar-refractivity contribution in [1.82, 2.24) is 10.2 Å². The topological polar surface area (TPSA) is 58.4 Å². The average Bonchev–Trinajstić information content (AvgIpc) is 2.95. The molecule has 0 bridgehead atoms. The van der Waals surface area contributed by atoms with E-state index in [9.17, 15) is 4.79 Å². The second kappa shape index (κ2) is 8.52. The van der Waals surface area contributed by atoms with Crippen LogP contribution in [0, 0.1) is 5.41 Å². The Morgan fingerprint density at radius 2 is 2.04 bits per heavy atom. The molecule has 3 N–H and O–H groups in total. The first kappa shape index (κ1) is 20.2. The molecule has 25 heavy (non-hydrogen) atoms. The quantitative estimate of drug-likeness (QED) is 0.843. The second-order valence-corrected chi connectivity index (χ2v) is 8.00. The molecular weight excluding hydrogens is 334 g/mol. The summed E-state index contributed by atoms with van der Waals surface area (Å²) in [5.41, 5.74) is 10.2. The molecule has 1 aliphatic carbocycles. The van der Waals surface area contributed by atoms with Crippen molar-refractivity contribution in [3.8, 4) is 0 Å². The third kappa shape index (κ3) is 4.96. The Balaban J connectivity index is 0.00000225. The zero-order chi connectivity index (χ0) is 17.2. The zero-order valence-corrected chi connectivity index (χ0v) is 16.3. The first-order chi connectivity index (χ1) is 11.5. The summed E-state index contributed by atoms with van der Waals surface area (Å²) in [6, 6.07) is 6.78. The van der Waals surface area contributed by atoms with E-state index in [2.05, 4.69) is 42.3 Å². The van der Waals surface area contributed by atoms with Crippen LogP contribution in [0.4, 0.5) is 0 Å². The van der Waals surface area contributed by atoms with Gasteiger partial charge in [0, 0.05) is 6.54 Å². The number of nitrogens with zero attached hydrogens (tertiary/aromatic N) is 1.